The monoisotopic (exact) mass is 555 g/mol. The Morgan fingerprint density at radius 3 is 2.85 bits per heavy atom. The number of ether oxygens (including phenoxy) is 2. The summed E-state index contributed by atoms with van der Waals surface area (Å²) in [6.45, 7) is 4.50. The number of hydrogen-bond donors (Lipinski definition) is 1. The largest absolute Gasteiger partial charge is 0.489 e. The van der Waals surface area contributed by atoms with Gasteiger partial charge in [-0.1, -0.05) is 12.1 Å². The van der Waals surface area contributed by atoms with E-state index in [0.717, 1.165) is 68.3 Å². The molecule has 3 aromatic rings. The Kier molecular flexibility index (Phi) is 6.80. The molecule has 4 aliphatic rings. The van der Waals surface area contributed by atoms with Gasteiger partial charge in [0.15, 0.2) is 0 Å². The highest BCUT2D eigenvalue weighted by atomic mass is 16.5. The van der Waals surface area contributed by atoms with Gasteiger partial charge in [0.2, 0.25) is 11.8 Å². The summed E-state index contributed by atoms with van der Waals surface area (Å²) in [6, 6.07) is 13.5. The van der Waals surface area contributed by atoms with Crippen molar-refractivity contribution in [3.8, 4) is 11.4 Å². The lowest BCUT2D eigenvalue weighted by Gasteiger charge is -2.29. The molecule has 0 saturated carbocycles. The molecule has 10 nitrogen and oxygen atoms in total. The van der Waals surface area contributed by atoms with Gasteiger partial charge in [0.05, 0.1) is 18.5 Å². The van der Waals surface area contributed by atoms with Crippen LogP contribution in [-0.4, -0.2) is 75.8 Å². The number of nitrogens with zero attached hydrogens (tertiary/aromatic N) is 4. The number of aromatic nitrogens is 2. The number of carbonyl (C=O) groups is 3. The van der Waals surface area contributed by atoms with E-state index in [1.807, 2.05) is 23.0 Å². The molecule has 10 heteroatoms. The standard InChI is InChI=1S/C31H33N5O5/c37-29-7-6-28(30(38)33-29)35-17-23-13-25(4-5-27(23)31(35)39)41-26-8-10-34(18-26)15-20-14-32-36(16-20)24-3-1-2-21(12-24)22-9-11-40-19-22/h1-5,12-14,16,22,26,28H,6-11,15,17-19H2,(H,33,37,38)/t22?,26-,28?/m0/s1. The van der Waals surface area contributed by atoms with Crippen LogP contribution in [-0.2, 0) is 27.4 Å². The van der Waals surface area contributed by atoms with Gasteiger partial charge in [0, 0.05) is 62.4 Å². The topological polar surface area (TPSA) is 106 Å². The average Bonchev–Trinajstić information content (AvgIpc) is 3.78. The molecule has 1 aromatic heterocycles. The van der Waals surface area contributed by atoms with Crippen molar-refractivity contribution in [2.45, 2.75) is 56.8 Å². The second kappa shape index (κ2) is 10.8. The molecule has 0 bridgehead atoms. The van der Waals surface area contributed by atoms with Gasteiger partial charge in [-0.25, -0.2) is 4.68 Å². The fraction of sp³-hybridized carbons (Fsp3) is 0.419. The second-order valence-corrected chi connectivity index (χ2v) is 11.4. The smallest absolute Gasteiger partial charge is 0.255 e. The highest BCUT2D eigenvalue weighted by Gasteiger charge is 2.39. The van der Waals surface area contributed by atoms with Crippen molar-refractivity contribution in [3.63, 3.8) is 0 Å². The van der Waals surface area contributed by atoms with E-state index >= 15 is 0 Å². The zero-order valence-corrected chi connectivity index (χ0v) is 22.8. The first-order valence-corrected chi connectivity index (χ1v) is 14.4. The minimum Gasteiger partial charge on any atom is -0.489 e. The molecule has 7 rings (SSSR count). The van der Waals surface area contributed by atoms with Gasteiger partial charge in [0.1, 0.15) is 17.9 Å². The Hall–Kier alpha value is -4.02. The summed E-state index contributed by atoms with van der Waals surface area (Å²) in [7, 11) is 0. The molecular weight excluding hydrogens is 522 g/mol. The lowest BCUT2D eigenvalue weighted by atomic mass is 9.98. The molecule has 5 heterocycles. The third kappa shape index (κ3) is 5.25. The van der Waals surface area contributed by atoms with Crippen LogP contribution in [0.25, 0.3) is 5.69 Å². The first-order chi connectivity index (χ1) is 20.0. The molecule has 1 N–H and O–H groups in total. The summed E-state index contributed by atoms with van der Waals surface area (Å²) in [5.74, 6) is 0.331. The van der Waals surface area contributed by atoms with E-state index in [2.05, 4.69) is 45.8 Å². The molecule has 4 aliphatic heterocycles. The van der Waals surface area contributed by atoms with Gasteiger partial charge in [-0.15, -0.1) is 0 Å². The molecule has 0 spiro atoms. The summed E-state index contributed by atoms with van der Waals surface area (Å²) < 4.78 is 13.8. The zero-order chi connectivity index (χ0) is 27.9. The highest BCUT2D eigenvalue weighted by molar-refractivity contribution is 6.05. The third-order valence-electron chi connectivity index (χ3n) is 8.60. The minimum absolute atomic E-state index is 0.0525. The van der Waals surface area contributed by atoms with Crippen molar-refractivity contribution in [3.05, 3.63) is 77.1 Å². The minimum atomic E-state index is -0.615. The van der Waals surface area contributed by atoms with Gasteiger partial charge in [-0.05, 0) is 60.7 Å². The summed E-state index contributed by atoms with van der Waals surface area (Å²) in [5, 5.41) is 6.97. The van der Waals surface area contributed by atoms with Crippen molar-refractivity contribution in [1.29, 1.82) is 0 Å². The van der Waals surface area contributed by atoms with Crippen LogP contribution in [0.2, 0.25) is 0 Å². The third-order valence-corrected chi connectivity index (χ3v) is 8.60. The Morgan fingerprint density at radius 2 is 2.00 bits per heavy atom. The molecule has 212 valence electrons. The lowest BCUT2D eigenvalue weighted by molar-refractivity contribution is -0.136. The zero-order valence-electron chi connectivity index (χ0n) is 22.8. The second-order valence-electron chi connectivity index (χ2n) is 11.4. The first kappa shape index (κ1) is 25.9. The summed E-state index contributed by atoms with van der Waals surface area (Å²) >= 11 is 0. The van der Waals surface area contributed by atoms with E-state index in [-0.39, 0.29) is 24.3 Å². The Balaban J connectivity index is 0.950. The fourth-order valence-corrected chi connectivity index (χ4v) is 6.41. The molecule has 3 atom stereocenters. The average molecular weight is 556 g/mol. The molecule has 0 radical (unpaired) electrons. The number of benzene rings is 2. The van der Waals surface area contributed by atoms with Crippen LogP contribution in [0.1, 0.15) is 58.6 Å². The Morgan fingerprint density at radius 1 is 1.07 bits per heavy atom. The number of imide groups is 1. The van der Waals surface area contributed by atoms with Crippen molar-refractivity contribution in [1.82, 2.24) is 24.9 Å². The SMILES string of the molecule is O=C1CCC(N2Cc3cc(O[C@H]4CCN(Cc5cnn(-c6cccc(C7CCOC7)c6)c5)C4)ccc3C2=O)C(=O)N1. The van der Waals surface area contributed by atoms with Crippen molar-refractivity contribution in [2.24, 2.45) is 0 Å². The maximum absolute atomic E-state index is 13.0. The number of piperidine rings is 1. The molecule has 3 fully saturated rings. The van der Waals surface area contributed by atoms with Crippen LogP contribution in [0.4, 0.5) is 0 Å². The molecule has 41 heavy (non-hydrogen) atoms. The van der Waals surface area contributed by atoms with E-state index in [1.165, 1.54) is 5.56 Å². The summed E-state index contributed by atoms with van der Waals surface area (Å²) in [6.07, 6.45) is 6.67. The number of rotatable bonds is 7. The Labute approximate surface area is 238 Å². The molecule has 2 aromatic carbocycles. The van der Waals surface area contributed by atoms with E-state index in [9.17, 15) is 14.4 Å². The number of hydrogen-bond acceptors (Lipinski definition) is 7. The highest BCUT2D eigenvalue weighted by Crippen LogP contribution is 2.31. The van der Waals surface area contributed by atoms with E-state index < -0.39 is 11.9 Å². The maximum atomic E-state index is 13.0. The maximum Gasteiger partial charge on any atom is 0.255 e. The van der Waals surface area contributed by atoms with Gasteiger partial charge in [-0.3, -0.25) is 24.6 Å². The Bertz CT molecular complexity index is 1500. The number of fused-ring (bicyclic) bond motifs is 1. The van der Waals surface area contributed by atoms with Crippen LogP contribution < -0.4 is 10.1 Å². The van der Waals surface area contributed by atoms with E-state index in [1.54, 1.807) is 11.0 Å². The lowest BCUT2D eigenvalue weighted by Crippen LogP contribution is -2.52. The van der Waals surface area contributed by atoms with Crippen LogP contribution in [0.5, 0.6) is 5.75 Å². The quantitative estimate of drug-likeness (QED) is 0.447. The predicted octanol–water partition coefficient (Wildman–Crippen LogP) is 2.79. The van der Waals surface area contributed by atoms with Crippen LogP contribution in [0.15, 0.2) is 54.9 Å². The molecule has 0 aliphatic carbocycles. The van der Waals surface area contributed by atoms with Crippen LogP contribution >= 0.6 is 0 Å². The van der Waals surface area contributed by atoms with Gasteiger partial charge in [-0.2, -0.15) is 5.10 Å². The normalized spacial score (nSPS) is 24.6. The van der Waals surface area contributed by atoms with Crippen molar-refractivity contribution < 1.29 is 23.9 Å². The van der Waals surface area contributed by atoms with Crippen molar-refractivity contribution in [2.75, 3.05) is 26.3 Å². The first-order valence-electron chi connectivity index (χ1n) is 14.4. The fourth-order valence-electron chi connectivity index (χ4n) is 6.41. The van der Waals surface area contributed by atoms with Crippen LogP contribution in [0, 0.1) is 0 Å². The summed E-state index contributed by atoms with van der Waals surface area (Å²) in [4.78, 5) is 40.7. The van der Waals surface area contributed by atoms with Gasteiger partial charge < -0.3 is 14.4 Å². The molecule has 2 unspecified atom stereocenters. The predicted molar refractivity (Wildman–Crippen MR) is 149 cm³/mol. The molecule has 3 amide bonds. The number of nitrogens with one attached hydrogen (secondary N) is 1. The van der Waals surface area contributed by atoms with E-state index in [4.69, 9.17) is 9.47 Å². The molecule has 3 saturated heterocycles. The van der Waals surface area contributed by atoms with Gasteiger partial charge >= 0.3 is 0 Å². The van der Waals surface area contributed by atoms with Crippen molar-refractivity contribution >= 4 is 17.7 Å². The number of likely N-dealkylation sites (tertiary alicyclic amines) is 1. The number of amides is 3. The van der Waals surface area contributed by atoms with Crippen LogP contribution in [0.3, 0.4) is 0 Å². The molecular formula is C31H33N5O5. The summed E-state index contributed by atoms with van der Waals surface area (Å²) in [5.41, 5.74) is 4.97. The number of carbonyl (C=O) groups excluding carboxylic acids is 3. The van der Waals surface area contributed by atoms with E-state index in [0.29, 0.717) is 24.4 Å². The van der Waals surface area contributed by atoms with Gasteiger partial charge in [0.25, 0.3) is 5.91 Å².